The number of nitro groups is 1. The van der Waals surface area contributed by atoms with Gasteiger partial charge in [0.15, 0.2) is 5.75 Å². The molecule has 1 aliphatic heterocycles. The number of nitrogens with zero attached hydrogens (tertiary/aromatic N) is 1. The molecule has 1 heterocycles. The summed E-state index contributed by atoms with van der Waals surface area (Å²) < 4.78 is 11.0. The van der Waals surface area contributed by atoms with Crippen molar-refractivity contribution < 1.29 is 14.4 Å². The second kappa shape index (κ2) is 6.95. The van der Waals surface area contributed by atoms with Crippen molar-refractivity contribution in [3.63, 3.8) is 0 Å². The average molecular weight is 366 g/mol. The van der Waals surface area contributed by atoms with Gasteiger partial charge in [-0.05, 0) is 42.5 Å². The van der Waals surface area contributed by atoms with Crippen molar-refractivity contribution in [2.24, 2.45) is 5.92 Å². The van der Waals surface area contributed by atoms with Gasteiger partial charge in [-0.15, -0.1) is 0 Å². The molecule has 3 atom stereocenters. The number of hydrogen-bond donors (Lipinski definition) is 1. The highest BCUT2D eigenvalue weighted by atomic mass is 16.6. The third-order valence-corrected chi connectivity index (χ3v) is 5.42. The minimum Gasteiger partial charge on any atom is -0.492 e. The summed E-state index contributed by atoms with van der Waals surface area (Å²) >= 11 is 0. The number of anilines is 1. The predicted molar refractivity (Wildman–Crippen MR) is 104 cm³/mol. The molecule has 27 heavy (non-hydrogen) atoms. The van der Waals surface area contributed by atoms with Crippen LogP contribution in [0.1, 0.15) is 36.4 Å². The van der Waals surface area contributed by atoms with Gasteiger partial charge in [-0.2, -0.15) is 0 Å². The number of para-hydroxylation sites is 1. The van der Waals surface area contributed by atoms with Gasteiger partial charge in [0.25, 0.3) is 0 Å². The summed E-state index contributed by atoms with van der Waals surface area (Å²) in [5, 5.41) is 15.1. The molecule has 6 heteroatoms. The maximum absolute atomic E-state index is 11.5. The Balaban J connectivity index is 1.79. The van der Waals surface area contributed by atoms with E-state index in [1.165, 1.54) is 12.7 Å². The summed E-state index contributed by atoms with van der Waals surface area (Å²) in [7, 11) is 1.45. The van der Waals surface area contributed by atoms with Crippen molar-refractivity contribution in [1.82, 2.24) is 0 Å². The third kappa shape index (κ3) is 2.91. The molecule has 0 unspecified atom stereocenters. The molecule has 1 N–H and O–H groups in total. The molecule has 0 bridgehead atoms. The fourth-order valence-electron chi connectivity index (χ4n) is 4.24. The molecule has 6 nitrogen and oxygen atoms in total. The number of methoxy groups -OCH3 is 1. The minimum atomic E-state index is -0.394. The summed E-state index contributed by atoms with van der Waals surface area (Å²) in [4.78, 5) is 11.1. The molecular formula is C21H22N2O4. The fraction of sp³-hybridized carbons (Fsp3) is 0.333. The van der Waals surface area contributed by atoms with Gasteiger partial charge in [0, 0.05) is 12.0 Å². The third-order valence-electron chi connectivity index (χ3n) is 5.42. The molecule has 2 aromatic carbocycles. The smallest absolute Gasteiger partial charge is 0.311 e. The van der Waals surface area contributed by atoms with E-state index in [1.54, 1.807) is 12.1 Å². The maximum Gasteiger partial charge on any atom is 0.311 e. The van der Waals surface area contributed by atoms with E-state index in [0.717, 1.165) is 23.4 Å². The Hall–Kier alpha value is -3.02. The summed E-state index contributed by atoms with van der Waals surface area (Å²) in [5.41, 5.74) is 3.08. The molecule has 140 valence electrons. The zero-order valence-electron chi connectivity index (χ0n) is 15.3. The van der Waals surface area contributed by atoms with Gasteiger partial charge in [0.05, 0.1) is 30.4 Å². The number of benzene rings is 2. The van der Waals surface area contributed by atoms with Crippen molar-refractivity contribution in [1.29, 1.82) is 0 Å². The van der Waals surface area contributed by atoms with Gasteiger partial charge < -0.3 is 14.8 Å². The minimum absolute atomic E-state index is 0.0109. The van der Waals surface area contributed by atoms with Crippen molar-refractivity contribution in [3.8, 4) is 11.5 Å². The van der Waals surface area contributed by atoms with Crippen molar-refractivity contribution in [3.05, 3.63) is 69.8 Å². The predicted octanol–water partition coefficient (Wildman–Crippen LogP) is 4.83. The molecule has 1 aliphatic carbocycles. The van der Waals surface area contributed by atoms with E-state index in [9.17, 15) is 10.1 Å². The van der Waals surface area contributed by atoms with Crippen LogP contribution in [0.25, 0.3) is 0 Å². The van der Waals surface area contributed by atoms with Crippen LogP contribution < -0.4 is 14.8 Å². The Labute approximate surface area is 158 Å². The van der Waals surface area contributed by atoms with Gasteiger partial charge >= 0.3 is 5.69 Å². The highest BCUT2D eigenvalue weighted by Gasteiger charge is 2.39. The Morgan fingerprint density at radius 2 is 2.11 bits per heavy atom. The normalized spacial score (nSPS) is 22.5. The van der Waals surface area contributed by atoms with Crippen LogP contribution in [0.5, 0.6) is 11.5 Å². The molecule has 0 saturated heterocycles. The van der Waals surface area contributed by atoms with Crippen LogP contribution in [0.3, 0.4) is 0 Å². The van der Waals surface area contributed by atoms with E-state index in [4.69, 9.17) is 9.47 Å². The molecule has 0 saturated carbocycles. The van der Waals surface area contributed by atoms with Crippen LogP contribution >= 0.6 is 0 Å². The number of hydrogen-bond acceptors (Lipinski definition) is 5. The first-order valence-electron chi connectivity index (χ1n) is 9.15. The highest BCUT2D eigenvalue weighted by Crippen LogP contribution is 2.52. The van der Waals surface area contributed by atoms with Crippen LogP contribution in [-0.2, 0) is 0 Å². The molecule has 4 rings (SSSR count). The van der Waals surface area contributed by atoms with Crippen LogP contribution in [0, 0.1) is 16.0 Å². The Bertz CT molecular complexity index is 909. The lowest BCUT2D eigenvalue weighted by atomic mass is 9.77. The summed E-state index contributed by atoms with van der Waals surface area (Å²) in [5.74, 6) is 1.67. The lowest BCUT2D eigenvalue weighted by Crippen LogP contribution is -2.29. The maximum atomic E-state index is 11.5. The van der Waals surface area contributed by atoms with Crippen LogP contribution in [0.2, 0.25) is 0 Å². The Morgan fingerprint density at radius 1 is 1.26 bits per heavy atom. The van der Waals surface area contributed by atoms with Crippen LogP contribution in [-0.4, -0.2) is 18.6 Å². The number of ether oxygens (including phenoxy) is 2. The number of nitrogens with one attached hydrogen (secondary N) is 1. The molecule has 2 aliphatic rings. The first kappa shape index (κ1) is 17.4. The second-order valence-corrected chi connectivity index (χ2v) is 6.82. The quantitative estimate of drug-likeness (QED) is 0.466. The van der Waals surface area contributed by atoms with E-state index in [-0.39, 0.29) is 23.4 Å². The highest BCUT2D eigenvalue weighted by molar-refractivity contribution is 5.68. The number of nitro benzene ring substituents is 1. The van der Waals surface area contributed by atoms with Gasteiger partial charge in [-0.25, -0.2) is 0 Å². The first-order chi connectivity index (χ1) is 13.1. The topological polar surface area (TPSA) is 73.6 Å². The molecule has 0 amide bonds. The largest absolute Gasteiger partial charge is 0.492 e. The monoisotopic (exact) mass is 366 g/mol. The van der Waals surface area contributed by atoms with Crippen LogP contribution in [0.4, 0.5) is 11.4 Å². The van der Waals surface area contributed by atoms with Crippen molar-refractivity contribution in [2.45, 2.75) is 25.3 Å². The van der Waals surface area contributed by atoms with E-state index >= 15 is 0 Å². The van der Waals surface area contributed by atoms with Crippen molar-refractivity contribution in [2.75, 3.05) is 19.0 Å². The van der Waals surface area contributed by atoms with Gasteiger partial charge in [-0.3, -0.25) is 10.1 Å². The Kier molecular flexibility index (Phi) is 4.48. The SMILES string of the molecule is CCOc1cccc2c1N[C@H](c1ccc(OC)c([N+](=O)[O-])c1)[C@@H]1CC=C[C@@H]21. The number of fused-ring (bicyclic) bond motifs is 3. The average Bonchev–Trinajstić information content (AvgIpc) is 3.17. The fourth-order valence-corrected chi connectivity index (χ4v) is 4.24. The molecule has 0 spiro atoms. The summed E-state index contributed by atoms with van der Waals surface area (Å²) in [6.07, 6.45) is 5.37. The first-order valence-corrected chi connectivity index (χ1v) is 9.15. The standard InChI is InChI=1S/C21H22N2O4/c1-3-27-19-9-5-8-16-14-6-4-7-15(14)20(22-21(16)19)13-10-11-18(26-2)17(12-13)23(24)25/h4-6,8-12,14-15,20,22H,3,7H2,1-2H3/t14-,15-,20-/m1/s1. The van der Waals surface area contributed by atoms with Gasteiger partial charge in [0.1, 0.15) is 5.75 Å². The zero-order chi connectivity index (χ0) is 19.0. The Morgan fingerprint density at radius 3 is 2.85 bits per heavy atom. The lowest BCUT2D eigenvalue weighted by molar-refractivity contribution is -0.385. The number of allylic oxidation sites excluding steroid dienone is 2. The lowest BCUT2D eigenvalue weighted by Gasteiger charge is -2.38. The van der Waals surface area contributed by atoms with E-state index in [1.807, 2.05) is 25.1 Å². The molecule has 0 fully saturated rings. The van der Waals surface area contributed by atoms with E-state index in [2.05, 4.69) is 23.5 Å². The molecular weight excluding hydrogens is 344 g/mol. The van der Waals surface area contributed by atoms with Crippen LogP contribution in [0.15, 0.2) is 48.6 Å². The number of rotatable bonds is 5. The summed E-state index contributed by atoms with van der Waals surface area (Å²) in [6.45, 7) is 2.55. The van der Waals surface area contributed by atoms with E-state index in [0.29, 0.717) is 12.5 Å². The molecule has 0 radical (unpaired) electrons. The second-order valence-electron chi connectivity index (χ2n) is 6.82. The van der Waals surface area contributed by atoms with Crippen molar-refractivity contribution >= 4 is 11.4 Å². The van der Waals surface area contributed by atoms with E-state index < -0.39 is 4.92 Å². The molecule has 2 aromatic rings. The molecule has 0 aromatic heterocycles. The zero-order valence-corrected chi connectivity index (χ0v) is 15.3. The van der Waals surface area contributed by atoms with Gasteiger partial charge in [-0.1, -0.05) is 30.4 Å². The summed E-state index contributed by atoms with van der Waals surface area (Å²) in [6, 6.07) is 11.3. The van der Waals surface area contributed by atoms with Gasteiger partial charge in [0.2, 0.25) is 0 Å².